The number of hydrogen-bond donors (Lipinski definition) is 2. The van der Waals surface area contributed by atoms with E-state index in [1.807, 2.05) is 49.4 Å². The van der Waals surface area contributed by atoms with Crippen molar-refractivity contribution in [3.05, 3.63) is 57.2 Å². The van der Waals surface area contributed by atoms with Crippen LogP contribution in [0.4, 0.5) is 11.4 Å². The first kappa shape index (κ1) is 14.8. The molecule has 4 heteroatoms. The molecule has 0 fully saturated rings. The molecule has 0 radical (unpaired) electrons. The normalized spacial score (nSPS) is 10.2. The van der Waals surface area contributed by atoms with Crippen molar-refractivity contribution in [1.82, 2.24) is 0 Å². The van der Waals surface area contributed by atoms with Crippen molar-refractivity contribution >= 4 is 39.9 Å². The number of hydrogen-bond acceptors (Lipinski definition) is 2. The lowest BCUT2D eigenvalue weighted by atomic mass is 10.1. The topological polar surface area (TPSA) is 41.1 Å². The number of benzene rings is 2. The summed E-state index contributed by atoms with van der Waals surface area (Å²) < 4.78 is 1.10. The molecular formula is C16H17IN2O. The highest BCUT2D eigenvalue weighted by atomic mass is 127. The van der Waals surface area contributed by atoms with Gasteiger partial charge in [-0.1, -0.05) is 6.07 Å². The molecule has 0 aromatic heterocycles. The molecule has 20 heavy (non-hydrogen) atoms. The zero-order chi connectivity index (χ0) is 14.5. The Kier molecular flexibility index (Phi) is 5.00. The van der Waals surface area contributed by atoms with Crippen LogP contribution in [0, 0.1) is 10.5 Å². The Morgan fingerprint density at radius 3 is 2.65 bits per heavy atom. The highest BCUT2D eigenvalue weighted by Gasteiger charge is 2.08. The molecule has 104 valence electrons. The smallest absolute Gasteiger partial charge is 0.255 e. The summed E-state index contributed by atoms with van der Waals surface area (Å²) in [5.74, 6) is -0.0850. The first-order valence-corrected chi connectivity index (χ1v) is 7.59. The largest absolute Gasteiger partial charge is 0.385 e. The van der Waals surface area contributed by atoms with Gasteiger partial charge in [0, 0.05) is 27.1 Å². The van der Waals surface area contributed by atoms with Crippen molar-refractivity contribution in [3.63, 3.8) is 0 Å². The first-order valence-electron chi connectivity index (χ1n) is 6.51. The second kappa shape index (κ2) is 6.74. The van der Waals surface area contributed by atoms with Gasteiger partial charge in [0.05, 0.1) is 0 Å². The van der Waals surface area contributed by atoms with Gasteiger partial charge in [0.25, 0.3) is 5.91 Å². The Hall–Kier alpha value is -1.56. The summed E-state index contributed by atoms with van der Waals surface area (Å²) >= 11 is 2.23. The fraction of sp³-hybridized carbons (Fsp3) is 0.188. The van der Waals surface area contributed by atoms with Crippen molar-refractivity contribution in [2.75, 3.05) is 17.2 Å². The van der Waals surface area contributed by atoms with Gasteiger partial charge in [-0.3, -0.25) is 4.79 Å². The molecule has 0 aliphatic heterocycles. The number of amides is 1. The van der Waals surface area contributed by atoms with Gasteiger partial charge >= 0.3 is 0 Å². The van der Waals surface area contributed by atoms with Gasteiger partial charge in [-0.05, 0) is 78.4 Å². The fourth-order valence-corrected chi connectivity index (χ4v) is 2.51. The number of carbonyl (C=O) groups is 1. The van der Waals surface area contributed by atoms with Crippen molar-refractivity contribution in [2.45, 2.75) is 13.8 Å². The lowest BCUT2D eigenvalue weighted by Crippen LogP contribution is -2.12. The maximum Gasteiger partial charge on any atom is 0.255 e. The zero-order valence-electron chi connectivity index (χ0n) is 11.5. The minimum absolute atomic E-state index is 0.0850. The lowest BCUT2D eigenvalue weighted by molar-refractivity contribution is 0.102. The Balaban J connectivity index is 2.15. The van der Waals surface area contributed by atoms with Crippen LogP contribution in [-0.2, 0) is 0 Å². The molecule has 0 spiro atoms. The molecule has 0 aliphatic rings. The third-order valence-corrected chi connectivity index (χ3v) is 3.61. The summed E-state index contributed by atoms with van der Waals surface area (Å²) in [6.45, 7) is 4.92. The summed E-state index contributed by atoms with van der Waals surface area (Å²) in [5, 5.41) is 6.18. The van der Waals surface area contributed by atoms with Crippen molar-refractivity contribution in [2.24, 2.45) is 0 Å². The van der Waals surface area contributed by atoms with Crippen LogP contribution < -0.4 is 10.6 Å². The molecule has 2 rings (SSSR count). The molecule has 2 N–H and O–H groups in total. The van der Waals surface area contributed by atoms with E-state index in [4.69, 9.17) is 0 Å². The van der Waals surface area contributed by atoms with E-state index in [2.05, 4.69) is 40.1 Å². The number of carbonyl (C=O) groups excluding carboxylic acids is 1. The van der Waals surface area contributed by atoms with Crippen LogP contribution in [0.5, 0.6) is 0 Å². The maximum atomic E-state index is 12.2. The van der Waals surface area contributed by atoms with Gasteiger partial charge in [0.1, 0.15) is 0 Å². The number of aryl methyl sites for hydroxylation is 1. The van der Waals surface area contributed by atoms with Crippen molar-refractivity contribution in [1.29, 1.82) is 0 Å². The van der Waals surface area contributed by atoms with Crippen LogP contribution in [0.2, 0.25) is 0 Å². The number of rotatable bonds is 4. The third kappa shape index (κ3) is 3.72. The van der Waals surface area contributed by atoms with Gasteiger partial charge in [-0.25, -0.2) is 0 Å². The predicted octanol–water partition coefficient (Wildman–Crippen LogP) is 4.28. The molecule has 0 atom stereocenters. The van der Waals surface area contributed by atoms with Crippen LogP contribution in [0.1, 0.15) is 22.8 Å². The van der Waals surface area contributed by atoms with Crippen LogP contribution in [0.3, 0.4) is 0 Å². The maximum absolute atomic E-state index is 12.2. The van der Waals surface area contributed by atoms with Crippen molar-refractivity contribution in [3.8, 4) is 0 Å². The van der Waals surface area contributed by atoms with E-state index in [9.17, 15) is 4.79 Å². The minimum atomic E-state index is -0.0850. The monoisotopic (exact) mass is 380 g/mol. The van der Waals surface area contributed by atoms with Gasteiger partial charge in [0.15, 0.2) is 0 Å². The second-order valence-corrected chi connectivity index (χ2v) is 5.77. The van der Waals surface area contributed by atoms with Crippen LogP contribution in [0.15, 0.2) is 42.5 Å². The van der Waals surface area contributed by atoms with Gasteiger partial charge in [-0.2, -0.15) is 0 Å². The summed E-state index contributed by atoms with van der Waals surface area (Å²) in [5.41, 5.74) is 3.62. The van der Waals surface area contributed by atoms with E-state index in [1.165, 1.54) is 0 Å². The van der Waals surface area contributed by atoms with E-state index >= 15 is 0 Å². The second-order valence-electron chi connectivity index (χ2n) is 4.52. The van der Waals surface area contributed by atoms with E-state index < -0.39 is 0 Å². The molecule has 0 aliphatic carbocycles. The fourth-order valence-electron chi connectivity index (χ4n) is 1.96. The minimum Gasteiger partial charge on any atom is -0.385 e. The van der Waals surface area contributed by atoms with E-state index in [1.54, 1.807) is 0 Å². The average molecular weight is 380 g/mol. The summed E-state index contributed by atoms with van der Waals surface area (Å²) in [6.07, 6.45) is 0. The molecule has 3 nitrogen and oxygen atoms in total. The summed E-state index contributed by atoms with van der Waals surface area (Å²) in [7, 11) is 0. The van der Waals surface area contributed by atoms with Crippen LogP contribution in [-0.4, -0.2) is 12.5 Å². The third-order valence-electron chi connectivity index (χ3n) is 2.94. The molecule has 0 unspecified atom stereocenters. The van der Waals surface area contributed by atoms with Crippen molar-refractivity contribution < 1.29 is 4.79 Å². The van der Waals surface area contributed by atoms with E-state index in [0.717, 1.165) is 27.1 Å². The number of halogens is 1. The Labute approximate surface area is 132 Å². The summed E-state index contributed by atoms with van der Waals surface area (Å²) in [4.78, 5) is 12.2. The lowest BCUT2D eigenvalue weighted by Gasteiger charge is -2.10. The molecule has 0 saturated carbocycles. The first-order chi connectivity index (χ1) is 9.60. The molecule has 0 heterocycles. The quantitative estimate of drug-likeness (QED) is 0.778. The SMILES string of the molecule is CCNc1ccc(C(=O)Nc2cccc(I)c2)cc1C. The number of nitrogens with one attached hydrogen (secondary N) is 2. The standard InChI is InChI=1S/C16H17IN2O/c1-3-18-15-8-7-12(9-11(15)2)16(20)19-14-6-4-5-13(17)10-14/h4-10,18H,3H2,1-2H3,(H,19,20). The van der Waals surface area contributed by atoms with Gasteiger partial charge in [-0.15, -0.1) is 0 Å². The van der Waals surface area contributed by atoms with Crippen LogP contribution in [0.25, 0.3) is 0 Å². The Morgan fingerprint density at radius 2 is 2.00 bits per heavy atom. The van der Waals surface area contributed by atoms with E-state index in [0.29, 0.717) is 5.56 Å². The number of anilines is 2. The van der Waals surface area contributed by atoms with Gasteiger partial charge in [0.2, 0.25) is 0 Å². The summed E-state index contributed by atoms with van der Waals surface area (Å²) in [6, 6.07) is 13.4. The predicted molar refractivity (Wildman–Crippen MR) is 92.5 cm³/mol. The molecule has 2 aromatic carbocycles. The van der Waals surface area contributed by atoms with Gasteiger partial charge < -0.3 is 10.6 Å². The van der Waals surface area contributed by atoms with E-state index in [-0.39, 0.29) is 5.91 Å². The molecule has 0 bridgehead atoms. The molecule has 1 amide bonds. The van der Waals surface area contributed by atoms with Crippen LogP contribution >= 0.6 is 22.6 Å². The molecular weight excluding hydrogens is 363 g/mol. The Morgan fingerprint density at radius 1 is 1.20 bits per heavy atom. The Bertz CT molecular complexity index is 626. The molecule has 0 saturated heterocycles. The zero-order valence-corrected chi connectivity index (χ0v) is 13.7. The highest BCUT2D eigenvalue weighted by molar-refractivity contribution is 14.1. The highest BCUT2D eigenvalue weighted by Crippen LogP contribution is 2.18. The molecule has 2 aromatic rings. The average Bonchev–Trinajstić information content (AvgIpc) is 2.41.